The first-order valence-electron chi connectivity index (χ1n) is 8.06. The van der Waals surface area contributed by atoms with Crippen LogP contribution in [0.1, 0.15) is 6.92 Å². The molecule has 0 bridgehead atoms. The van der Waals surface area contributed by atoms with Gasteiger partial charge in [-0.1, -0.05) is 0 Å². The maximum atomic E-state index is 11.4. The molecule has 26 heavy (non-hydrogen) atoms. The van der Waals surface area contributed by atoms with Crippen LogP contribution in [0.25, 0.3) is 0 Å². The molecule has 0 spiro atoms. The largest absolute Gasteiger partial charge is 0.394 e. The number of carbonyl (C=O) groups is 1. The lowest BCUT2D eigenvalue weighted by Crippen LogP contribution is -2.67. The third-order valence-electron chi connectivity index (χ3n) is 4.38. The summed E-state index contributed by atoms with van der Waals surface area (Å²) in [5, 5.41) is 70.8. The normalized spacial score (nSPS) is 46.8. The van der Waals surface area contributed by atoms with Gasteiger partial charge in [-0.2, -0.15) is 0 Å². The molecule has 152 valence electrons. The highest BCUT2D eigenvalue weighted by Gasteiger charge is 2.50. The van der Waals surface area contributed by atoms with Gasteiger partial charge in [-0.25, -0.2) is 0 Å². The van der Waals surface area contributed by atoms with Gasteiger partial charge in [-0.05, 0) is 0 Å². The zero-order valence-electron chi connectivity index (χ0n) is 14.0. The van der Waals surface area contributed by atoms with Crippen LogP contribution >= 0.6 is 0 Å². The van der Waals surface area contributed by atoms with Crippen molar-refractivity contribution in [3.05, 3.63) is 0 Å². The Labute approximate surface area is 148 Å². The summed E-state index contributed by atoms with van der Waals surface area (Å²) in [5.41, 5.74) is 0. The van der Waals surface area contributed by atoms with Crippen molar-refractivity contribution in [2.45, 2.75) is 68.3 Å². The Morgan fingerprint density at radius 1 is 0.923 bits per heavy atom. The molecular formula is C14H25NO11. The van der Waals surface area contributed by atoms with Gasteiger partial charge < -0.3 is 55.3 Å². The SMILES string of the molecule is CC(=O)N[C@H]1[C@@H](O[C@@H]2[C@@H](O)[C@H](O)O[C@H](CO)[C@@H]2O)O[C@H](CO)[C@@H](O)[C@@H]1O. The smallest absolute Gasteiger partial charge is 0.217 e. The number of hydrogen-bond donors (Lipinski definition) is 8. The third kappa shape index (κ3) is 4.31. The number of nitrogens with one attached hydrogen (secondary N) is 1. The molecular weight excluding hydrogens is 358 g/mol. The van der Waals surface area contributed by atoms with E-state index in [0.717, 1.165) is 6.92 Å². The molecule has 2 rings (SSSR count). The Kier molecular flexibility index (Phi) is 7.27. The molecule has 2 saturated heterocycles. The number of rotatable bonds is 5. The first-order valence-corrected chi connectivity index (χ1v) is 8.06. The van der Waals surface area contributed by atoms with Crippen molar-refractivity contribution in [2.24, 2.45) is 0 Å². The zero-order chi connectivity index (χ0) is 19.6. The fraction of sp³-hybridized carbons (Fsp3) is 0.929. The fourth-order valence-corrected chi connectivity index (χ4v) is 2.97. The molecule has 8 N–H and O–H groups in total. The van der Waals surface area contributed by atoms with E-state index in [1.165, 1.54) is 0 Å². The van der Waals surface area contributed by atoms with Gasteiger partial charge in [0.05, 0.1) is 13.2 Å². The molecule has 2 aliphatic rings. The lowest BCUT2D eigenvalue weighted by atomic mass is 9.95. The van der Waals surface area contributed by atoms with E-state index >= 15 is 0 Å². The second-order valence-corrected chi connectivity index (χ2v) is 6.26. The highest BCUT2D eigenvalue weighted by atomic mass is 16.7. The molecule has 12 heteroatoms. The predicted octanol–water partition coefficient (Wildman–Crippen LogP) is -5.25. The molecule has 2 fully saturated rings. The molecule has 12 nitrogen and oxygen atoms in total. The van der Waals surface area contributed by atoms with Crippen LogP contribution in [0, 0.1) is 0 Å². The van der Waals surface area contributed by atoms with E-state index in [-0.39, 0.29) is 0 Å². The number of aliphatic hydroxyl groups excluding tert-OH is 7. The average molecular weight is 383 g/mol. The summed E-state index contributed by atoms with van der Waals surface area (Å²) in [6.45, 7) is -0.199. The third-order valence-corrected chi connectivity index (χ3v) is 4.38. The fourth-order valence-electron chi connectivity index (χ4n) is 2.97. The van der Waals surface area contributed by atoms with Crippen LogP contribution in [0.5, 0.6) is 0 Å². The standard InChI is InChI=1S/C14H25NO11/c1-4(18)15-7-10(21)8(19)5(2-16)25-14(7)26-12-9(20)6(3-17)24-13(23)11(12)22/h5-14,16-17,19-23H,2-3H2,1H3,(H,15,18)/t5-,6-,7-,8-,9+,10-,11-,12+,13-,14-/m1/s1. The minimum absolute atomic E-state index is 0.581. The summed E-state index contributed by atoms with van der Waals surface area (Å²) in [6, 6.07) is -1.29. The van der Waals surface area contributed by atoms with E-state index in [9.17, 15) is 40.5 Å². The highest BCUT2D eigenvalue weighted by Crippen LogP contribution is 2.28. The summed E-state index contributed by atoms with van der Waals surface area (Å²) in [4.78, 5) is 11.4. The molecule has 2 aliphatic heterocycles. The van der Waals surface area contributed by atoms with Crippen molar-refractivity contribution in [1.82, 2.24) is 5.32 Å². The van der Waals surface area contributed by atoms with Gasteiger partial charge in [0.1, 0.15) is 48.8 Å². The lowest BCUT2D eigenvalue weighted by molar-refractivity contribution is -0.341. The van der Waals surface area contributed by atoms with Crippen LogP contribution in [0.2, 0.25) is 0 Å². The monoisotopic (exact) mass is 383 g/mol. The number of aliphatic hydroxyl groups is 7. The summed E-state index contributed by atoms with van der Waals surface area (Å²) in [5.74, 6) is -0.581. The molecule has 2 heterocycles. The first-order chi connectivity index (χ1) is 12.2. The van der Waals surface area contributed by atoms with E-state index in [2.05, 4.69) is 5.32 Å². The van der Waals surface area contributed by atoms with Gasteiger partial charge in [-0.3, -0.25) is 4.79 Å². The summed E-state index contributed by atoms with van der Waals surface area (Å²) in [6.07, 6.45) is -13.7. The molecule has 0 aromatic heterocycles. The van der Waals surface area contributed by atoms with E-state index in [1.807, 2.05) is 0 Å². The molecule has 10 atom stereocenters. The van der Waals surface area contributed by atoms with Gasteiger partial charge in [0.15, 0.2) is 12.6 Å². The van der Waals surface area contributed by atoms with E-state index in [0.29, 0.717) is 0 Å². The number of carbonyl (C=O) groups excluding carboxylic acids is 1. The van der Waals surface area contributed by atoms with Crippen molar-refractivity contribution in [3.8, 4) is 0 Å². The molecule has 0 aromatic rings. The van der Waals surface area contributed by atoms with E-state index in [4.69, 9.17) is 14.2 Å². The van der Waals surface area contributed by atoms with Gasteiger partial charge in [0, 0.05) is 6.92 Å². The van der Waals surface area contributed by atoms with Crippen LogP contribution in [0.3, 0.4) is 0 Å². The van der Waals surface area contributed by atoms with Crippen LogP contribution in [-0.2, 0) is 19.0 Å². The van der Waals surface area contributed by atoms with Crippen molar-refractivity contribution in [2.75, 3.05) is 13.2 Å². The Morgan fingerprint density at radius 2 is 1.50 bits per heavy atom. The van der Waals surface area contributed by atoms with Crippen molar-refractivity contribution in [3.63, 3.8) is 0 Å². The van der Waals surface area contributed by atoms with Gasteiger partial charge in [0.2, 0.25) is 5.91 Å². The van der Waals surface area contributed by atoms with Gasteiger partial charge in [0.25, 0.3) is 0 Å². The molecule has 0 unspecified atom stereocenters. The second kappa shape index (κ2) is 8.84. The maximum absolute atomic E-state index is 11.4. The van der Waals surface area contributed by atoms with Gasteiger partial charge >= 0.3 is 0 Å². The number of amides is 1. The minimum Gasteiger partial charge on any atom is -0.394 e. The quantitative estimate of drug-likeness (QED) is 0.226. The van der Waals surface area contributed by atoms with Crippen LogP contribution < -0.4 is 5.32 Å². The van der Waals surface area contributed by atoms with Crippen LogP contribution in [0.15, 0.2) is 0 Å². The molecule has 1 amide bonds. The highest BCUT2D eigenvalue weighted by molar-refractivity contribution is 5.73. The number of hydrogen-bond acceptors (Lipinski definition) is 11. The van der Waals surface area contributed by atoms with Gasteiger partial charge in [-0.15, -0.1) is 0 Å². The summed E-state index contributed by atoms with van der Waals surface area (Å²) < 4.78 is 15.6. The van der Waals surface area contributed by atoms with E-state index < -0.39 is 80.5 Å². The zero-order valence-corrected chi connectivity index (χ0v) is 14.0. The Balaban J connectivity index is 2.22. The van der Waals surface area contributed by atoms with Crippen molar-refractivity contribution >= 4 is 5.91 Å². The maximum Gasteiger partial charge on any atom is 0.217 e. The number of ether oxygens (including phenoxy) is 3. The van der Waals surface area contributed by atoms with Crippen molar-refractivity contribution in [1.29, 1.82) is 0 Å². The Hall–Kier alpha value is -0.930. The lowest BCUT2D eigenvalue weighted by Gasteiger charge is -2.46. The molecule has 0 aromatic carbocycles. The van der Waals surface area contributed by atoms with Crippen molar-refractivity contribution < 1.29 is 54.8 Å². The predicted molar refractivity (Wildman–Crippen MR) is 80.2 cm³/mol. The van der Waals surface area contributed by atoms with Crippen LogP contribution in [-0.4, -0.2) is 116 Å². The summed E-state index contributed by atoms with van der Waals surface area (Å²) in [7, 11) is 0. The topological polar surface area (TPSA) is 198 Å². The molecule has 0 saturated carbocycles. The Bertz CT molecular complexity index is 480. The minimum atomic E-state index is -1.77. The first kappa shape index (κ1) is 21.4. The second-order valence-electron chi connectivity index (χ2n) is 6.26. The Morgan fingerprint density at radius 3 is 2.04 bits per heavy atom. The molecule has 0 radical (unpaired) electrons. The van der Waals surface area contributed by atoms with E-state index in [1.54, 1.807) is 0 Å². The van der Waals surface area contributed by atoms with Crippen LogP contribution in [0.4, 0.5) is 0 Å². The summed E-state index contributed by atoms with van der Waals surface area (Å²) >= 11 is 0. The molecule has 0 aliphatic carbocycles. The average Bonchev–Trinajstić information content (AvgIpc) is 2.60.